The summed E-state index contributed by atoms with van der Waals surface area (Å²) in [6.07, 6.45) is 1.10. The fourth-order valence-corrected chi connectivity index (χ4v) is 4.35. The Balaban J connectivity index is 1.49. The molecule has 1 atom stereocenters. The van der Waals surface area contributed by atoms with Crippen LogP contribution >= 0.6 is 0 Å². The third-order valence-electron chi connectivity index (χ3n) is 6.15. The van der Waals surface area contributed by atoms with Crippen LogP contribution in [0.3, 0.4) is 0 Å². The first-order chi connectivity index (χ1) is 17.5. The number of rotatable bonds is 7. The molecule has 0 bridgehead atoms. The smallest absolute Gasteiger partial charge is 0.332 e. The highest BCUT2D eigenvalue weighted by Gasteiger charge is 2.28. The number of para-hydroxylation sites is 1. The van der Waals surface area contributed by atoms with E-state index in [2.05, 4.69) is 5.32 Å². The van der Waals surface area contributed by atoms with Crippen LogP contribution < -0.4 is 10.2 Å². The first-order valence-electron chi connectivity index (χ1n) is 12.1. The van der Waals surface area contributed by atoms with Gasteiger partial charge in [0.2, 0.25) is 0 Å². The van der Waals surface area contributed by atoms with E-state index in [4.69, 9.17) is 9.47 Å². The van der Waals surface area contributed by atoms with Crippen LogP contribution in [0.4, 0.5) is 11.4 Å². The van der Waals surface area contributed by atoms with Gasteiger partial charge >= 0.3 is 5.97 Å². The minimum Gasteiger partial charge on any atom is -0.464 e. The Morgan fingerprint density at radius 2 is 1.69 bits per heavy atom. The lowest BCUT2D eigenvalue weighted by molar-refractivity contribution is -0.150. The summed E-state index contributed by atoms with van der Waals surface area (Å²) in [6, 6.07) is 21.9. The predicted molar refractivity (Wildman–Crippen MR) is 138 cm³/mol. The highest BCUT2D eigenvalue weighted by molar-refractivity contribution is 6.08. The molecule has 0 spiro atoms. The predicted octanol–water partition coefficient (Wildman–Crippen LogP) is 5.31. The van der Waals surface area contributed by atoms with Crippen molar-refractivity contribution >= 4 is 29.2 Å². The van der Waals surface area contributed by atoms with E-state index in [1.54, 1.807) is 42.2 Å². The van der Waals surface area contributed by atoms with Crippen molar-refractivity contribution in [3.8, 4) is 0 Å². The molecule has 3 aromatic rings. The maximum atomic E-state index is 13.5. The lowest BCUT2D eigenvalue weighted by Gasteiger charge is -2.24. The van der Waals surface area contributed by atoms with Crippen molar-refractivity contribution in [3.63, 3.8) is 0 Å². The van der Waals surface area contributed by atoms with Crippen molar-refractivity contribution < 1.29 is 23.9 Å². The summed E-state index contributed by atoms with van der Waals surface area (Å²) >= 11 is 0. The second-order valence-electron chi connectivity index (χ2n) is 8.61. The molecule has 1 unspecified atom stereocenters. The summed E-state index contributed by atoms with van der Waals surface area (Å²) in [5.74, 6) is -0.727. The Kier molecular flexibility index (Phi) is 8.13. The zero-order valence-electron chi connectivity index (χ0n) is 20.5. The van der Waals surface area contributed by atoms with Crippen molar-refractivity contribution in [2.75, 3.05) is 30.0 Å². The quantitative estimate of drug-likeness (QED) is 0.458. The van der Waals surface area contributed by atoms with Crippen molar-refractivity contribution in [2.45, 2.75) is 32.8 Å². The first-order valence-corrected chi connectivity index (χ1v) is 12.1. The first kappa shape index (κ1) is 25.1. The molecule has 1 heterocycles. The summed E-state index contributed by atoms with van der Waals surface area (Å²) in [7, 11) is 0. The number of nitrogens with zero attached hydrogens (tertiary/aromatic N) is 1. The zero-order valence-corrected chi connectivity index (χ0v) is 20.5. The van der Waals surface area contributed by atoms with Gasteiger partial charge in [0, 0.05) is 34.6 Å². The van der Waals surface area contributed by atoms with Gasteiger partial charge in [-0.15, -0.1) is 0 Å². The van der Waals surface area contributed by atoms with Crippen LogP contribution in [0, 0.1) is 6.92 Å². The number of hydrogen-bond acceptors (Lipinski definition) is 5. The molecule has 1 N–H and O–H groups in total. The number of hydrogen-bond donors (Lipinski definition) is 1. The SMILES string of the molecule is CCOC(=O)COC1CCCN(C(=O)c2ccc(NC(=O)c3ccccc3C)cc2)c2ccccc21. The van der Waals surface area contributed by atoms with Gasteiger partial charge in [-0.3, -0.25) is 9.59 Å². The van der Waals surface area contributed by atoms with Crippen LogP contribution in [-0.2, 0) is 14.3 Å². The highest BCUT2D eigenvalue weighted by atomic mass is 16.6. The van der Waals surface area contributed by atoms with Crippen LogP contribution in [0.15, 0.2) is 72.8 Å². The number of esters is 1. The van der Waals surface area contributed by atoms with Crippen LogP contribution in [0.1, 0.15) is 57.7 Å². The van der Waals surface area contributed by atoms with Gasteiger partial charge in [-0.05, 0) is 68.7 Å². The largest absolute Gasteiger partial charge is 0.464 e. The maximum Gasteiger partial charge on any atom is 0.332 e. The topological polar surface area (TPSA) is 84.9 Å². The van der Waals surface area contributed by atoms with Crippen molar-refractivity contribution in [1.82, 2.24) is 0 Å². The summed E-state index contributed by atoms with van der Waals surface area (Å²) in [4.78, 5) is 39.7. The lowest BCUT2D eigenvalue weighted by atomic mass is 10.0. The maximum absolute atomic E-state index is 13.5. The van der Waals surface area contributed by atoms with Gasteiger partial charge in [0.1, 0.15) is 6.61 Å². The Labute approximate surface area is 211 Å². The van der Waals surface area contributed by atoms with E-state index in [1.165, 1.54) is 0 Å². The monoisotopic (exact) mass is 486 g/mol. The summed E-state index contributed by atoms with van der Waals surface area (Å²) in [5.41, 5.74) is 4.28. The molecule has 1 aliphatic rings. The second-order valence-corrected chi connectivity index (χ2v) is 8.61. The standard InChI is InChI=1S/C29H30N2O5/c1-3-35-27(32)19-36-26-13-8-18-31(25-12-7-6-11-24(25)26)29(34)21-14-16-22(17-15-21)30-28(33)23-10-5-4-9-20(23)2/h4-7,9-12,14-17,26H,3,8,13,18-19H2,1-2H3,(H,30,33). The normalized spacial score (nSPS) is 14.9. The number of aryl methyl sites for hydroxylation is 1. The van der Waals surface area contributed by atoms with Gasteiger partial charge < -0.3 is 19.7 Å². The van der Waals surface area contributed by atoms with Crippen LogP contribution in [0.2, 0.25) is 0 Å². The third kappa shape index (κ3) is 5.80. The third-order valence-corrected chi connectivity index (χ3v) is 6.15. The molecule has 0 aromatic heterocycles. The molecule has 7 heteroatoms. The molecule has 36 heavy (non-hydrogen) atoms. The van der Waals surface area contributed by atoms with Crippen molar-refractivity contribution in [2.24, 2.45) is 0 Å². The van der Waals surface area contributed by atoms with Crippen LogP contribution in [0.5, 0.6) is 0 Å². The van der Waals surface area contributed by atoms with Gasteiger partial charge in [0.25, 0.3) is 11.8 Å². The molecule has 0 saturated carbocycles. The minimum atomic E-state index is -0.401. The molecule has 3 aromatic carbocycles. The van der Waals surface area contributed by atoms with Gasteiger partial charge in [-0.2, -0.15) is 0 Å². The Morgan fingerprint density at radius 1 is 0.972 bits per heavy atom. The number of fused-ring (bicyclic) bond motifs is 1. The van der Waals surface area contributed by atoms with Gasteiger partial charge in [0.05, 0.1) is 12.7 Å². The highest BCUT2D eigenvalue weighted by Crippen LogP contribution is 2.36. The van der Waals surface area contributed by atoms with Crippen LogP contribution in [-0.4, -0.2) is 37.5 Å². The molecule has 2 amide bonds. The number of carbonyl (C=O) groups excluding carboxylic acids is 3. The molecular weight excluding hydrogens is 456 g/mol. The number of anilines is 2. The van der Waals surface area contributed by atoms with E-state index in [-0.39, 0.29) is 24.5 Å². The lowest BCUT2D eigenvalue weighted by Crippen LogP contribution is -2.31. The molecule has 0 fully saturated rings. The molecule has 1 aliphatic heterocycles. The Morgan fingerprint density at radius 3 is 2.44 bits per heavy atom. The molecule has 0 saturated heterocycles. The minimum absolute atomic E-state index is 0.128. The van der Waals surface area contributed by atoms with Crippen molar-refractivity contribution in [3.05, 3.63) is 95.1 Å². The molecule has 0 radical (unpaired) electrons. The Hall–Kier alpha value is -3.97. The number of amides is 2. The van der Waals surface area contributed by atoms with E-state index in [0.717, 1.165) is 23.2 Å². The average molecular weight is 487 g/mol. The van der Waals surface area contributed by atoms with Gasteiger partial charge in [0.15, 0.2) is 0 Å². The fraction of sp³-hybridized carbons (Fsp3) is 0.276. The number of nitrogens with one attached hydrogen (secondary N) is 1. The summed E-state index contributed by atoms with van der Waals surface area (Å²) in [5, 5.41) is 2.89. The molecule has 186 valence electrons. The summed E-state index contributed by atoms with van der Waals surface area (Å²) < 4.78 is 10.9. The second kappa shape index (κ2) is 11.6. The Bertz CT molecular complexity index is 1240. The number of ether oxygens (including phenoxy) is 2. The zero-order chi connectivity index (χ0) is 25.5. The van der Waals surface area contributed by atoms with Gasteiger partial charge in [-0.25, -0.2) is 4.79 Å². The van der Waals surface area contributed by atoms with E-state index >= 15 is 0 Å². The van der Waals surface area contributed by atoms with Crippen molar-refractivity contribution in [1.29, 1.82) is 0 Å². The molecule has 0 aliphatic carbocycles. The average Bonchev–Trinajstić information content (AvgIpc) is 3.07. The molecular formula is C29H30N2O5. The molecule has 4 rings (SSSR count). The van der Waals surface area contributed by atoms with E-state index < -0.39 is 5.97 Å². The van der Waals surface area contributed by atoms with E-state index in [0.29, 0.717) is 36.4 Å². The van der Waals surface area contributed by atoms with Crippen LogP contribution in [0.25, 0.3) is 0 Å². The number of carbonyl (C=O) groups is 3. The van der Waals surface area contributed by atoms with E-state index in [1.807, 2.05) is 49.4 Å². The molecule has 7 nitrogen and oxygen atoms in total. The fourth-order valence-electron chi connectivity index (χ4n) is 4.35. The number of benzene rings is 3. The van der Waals surface area contributed by atoms with E-state index in [9.17, 15) is 14.4 Å². The summed E-state index contributed by atoms with van der Waals surface area (Å²) in [6.45, 7) is 4.35. The van der Waals surface area contributed by atoms with Gasteiger partial charge in [-0.1, -0.05) is 36.4 Å².